The third kappa shape index (κ3) is 2.65. The van der Waals surface area contributed by atoms with Crippen LogP contribution in [-0.2, 0) is 6.42 Å². The number of aliphatic hydroxyl groups excluding tert-OH is 1. The molecule has 4 nitrogen and oxygen atoms in total. The van der Waals surface area contributed by atoms with E-state index in [1.165, 1.54) is 0 Å². The Labute approximate surface area is 128 Å². The summed E-state index contributed by atoms with van der Waals surface area (Å²) in [6.07, 6.45) is 0.646. The van der Waals surface area contributed by atoms with Crippen molar-refractivity contribution < 1.29 is 19.0 Å². The Morgan fingerprint density at radius 2 is 1.77 bits per heavy atom. The molecule has 3 aromatic rings. The van der Waals surface area contributed by atoms with Gasteiger partial charge in [-0.2, -0.15) is 0 Å². The monoisotopic (exact) mass is 298 g/mol. The summed E-state index contributed by atoms with van der Waals surface area (Å²) < 4.78 is 16.5. The van der Waals surface area contributed by atoms with Crippen LogP contribution < -0.4 is 9.47 Å². The zero-order chi connectivity index (χ0) is 15.5. The molecular formula is C18H18O4. The first kappa shape index (κ1) is 14.5. The highest BCUT2D eigenvalue weighted by molar-refractivity contribution is 5.83. The molecule has 0 amide bonds. The summed E-state index contributed by atoms with van der Waals surface area (Å²) in [6.45, 7) is 0.145. The maximum atomic E-state index is 9.03. The number of methoxy groups -OCH3 is 2. The number of ether oxygens (including phenoxy) is 2. The average Bonchev–Trinajstić information content (AvgIpc) is 2.97. The number of rotatable bonds is 5. The van der Waals surface area contributed by atoms with Crippen molar-refractivity contribution in [2.75, 3.05) is 20.8 Å². The predicted octanol–water partition coefficient (Wildman–Crippen LogP) is 3.65. The van der Waals surface area contributed by atoms with E-state index in [2.05, 4.69) is 0 Å². The van der Waals surface area contributed by atoms with Crippen molar-refractivity contribution in [2.24, 2.45) is 0 Å². The molecule has 114 valence electrons. The SMILES string of the molecule is COc1ccc(-c2cc3cc(CCO)ccc3o2)cc1OC. The van der Waals surface area contributed by atoms with Crippen molar-refractivity contribution in [3.8, 4) is 22.8 Å². The van der Waals surface area contributed by atoms with E-state index in [1.54, 1.807) is 14.2 Å². The molecule has 0 fully saturated rings. The van der Waals surface area contributed by atoms with Gasteiger partial charge in [-0.05, 0) is 48.4 Å². The van der Waals surface area contributed by atoms with Gasteiger partial charge in [0.2, 0.25) is 0 Å². The highest BCUT2D eigenvalue weighted by atomic mass is 16.5. The minimum atomic E-state index is 0.145. The van der Waals surface area contributed by atoms with Gasteiger partial charge in [-0.1, -0.05) is 6.07 Å². The number of furan rings is 1. The second-order valence-corrected chi connectivity index (χ2v) is 5.03. The molecule has 0 spiro atoms. The number of fused-ring (bicyclic) bond motifs is 1. The normalized spacial score (nSPS) is 10.9. The van der Waals surface area contributed by atoms with E-state index < -0.39 is 0 Å². The summed E-state index contributed by atoms with van der Waals surface area (Å²) in [5.74, 6) is 2.13. The minimum absolute atomic E-state index is 0.145. The van der Waals surface area contributed by atoms with Crippen molar-refractivity contribution in [3.63, 3.8) is 0 Å². The zero-order valence-electron chi connectivity index (χ0n) is 12.6. The highest BCUT2D eigenvalue weighted by Gasteiger charge is 2.10. The standard InChI is InChI=1S/C18H18O4/c1-20-16-6-4-13(10-18(16)21-2)17-11-14-9-12(7-8-19)3-5-15(14)22-17/h3-6,9-11,19H,7-8H2,1-2H3. The first-order chi connectivity index (χ1) is 10.7. The molecule has 0 aliphatic rings. The van der Waals surface area contributed by atoms with Crippen LogP contribution in [0.25, 0.3) is 22.3 Å². The topological polar surface area (TPSA) is 51.8 Å². The van der Waals surface area contributed by atoms with Crippen LogP contribution in [0.1, 0.15) is 5.56 Å². The third-order valence-corrected chi connectivity index (χ3v) is 3.65. The summed E-state index contributed by atoms with van der Waals surface area (Å²) in [6, 6.07) is 13.6. The summed E-state index contributed by atoms with van der Waals surface area (Å²) in [5, 5.41) is 10.1. The molecule has 0 unspecified atom stereocenters. The van der Waals surface area contributed by atoms with Crippen molar-refractivity contribution in [1.82, 2.24) is 0 Å². The van der Waals surface area contributed by atoms with E-state index in [0.29, 0.717) is 17.9 Å². The fraction of sp³-hybridized carbons (Fsp3) is 0.222. The Morgan fingerprint density at radius 3 is 2.50 bits per heavy atom. The highest BCUT2D eigenvalue weighted by Crippen LogP contribution is 2.34. The number of hydrogen-bond donors (Lipinski definition) is 1. The van der Waals surface area contributed by atoms with E-state index in [0.717, 1.165) is 27.9 Å². The Bertz CT molecular complexity index is 789. The molecular weight excluding hydrogens is 280 g/mol. The third-order valence-electron chi connectivity index (χ3n) is 3.65. The molecule has 0 atom stereocenters. The average molecular weight is 298 g/mol. The maximum absolute atomic E-state index is 9.03. The van der Waals surface area contributed by atoms with Crippen LogP contribution in [0.5, 0.6) is 11.5 Å². The quantitative estimate of drug-likeness (QED) is 0.781. The van der Waals surface area contributed by atoms with Gasteiger partial charge in [0.1, 0.15) is 11.3 Å². The maximum Gasteiger partial charge on any atom is 0.161 e. The Kier molecular flexibility index (Phi) is 4.02. The smallest absolute Gasteiger partial charge is 0.161 e. The van der Waals surface area contributed by atoms with Crippen LogP contribution in [0.2, 0.25) is 0 Å². The van der Waals surface area contributed by atoms with Crippen LogP contribution in [0.15, 0.2) is 46.9 Å². The van der Waals surface area contributed by atoms with Gasteiger partial charge in [-0.15, -0.1) is 0 Å². The van der Waals surface area contributed by atoms with Crippen LogP contribution in [0.3, 0.4) is 0 Å². The Hall–Kier alpha value is -2.46. The summed E-state index contributed by atoms with van der Waals surface area (Å²) in [5.41, 5.74) is 2.85. The molecule has 4 heteroatoms. The number of benzene rings is 2. The number of aliphatic hydroxyl groups is 1. The molecule has 0 saturated carbocycles. The van der Waals surface area contributed by atoms with Gasteiger partial charge in [0.05, 0.1) is 14.2 Å². The van der Waals surface area contributed by atoms with E-state index in [-0.39, 0.29) is 6.61 Å². The van der Waals surface area contributed by atoms with E-state index in [1.807, 2.05) is 42.5 Å². The molecule has 0 radical (unpaired) electrons. The molecule has 0 saturated heterocycles. The van der Waals surface area contributed by atoms with Crippen molar-refractivity contribution in [2.45, 2.75) is 6.42 Å². The van der Waals surface area contributed by atoms with Crippen LogP contribution >= 0.6 is 0 Å². The molecule has 1 heterocycles. The molecule has 2 aromatic carbocycles. The molecule has 0 aliphatic carbocycles. The lowest BCUT2D eigenvalue weighted by Crippen LogP contribution is -1.90. The Balaban J connectivity index is 2.02. The molecule has 22 heavy (non-hydrogen) atoms. The Morgan fingerprint density at radius 1 is 0.955 bits per heavy atom. The molecule has 0 aliphatic heterocycles. The second-order valence-electron chi connectivity index (χ2n) is 5.03. The van der Waals surface area contributed by atoms with Gasteiger partial charge >= 0.3 is 0 Å². The largest absolute Gasteiger partial charge is 0.493 e. The van der Waals surface area contributed by atoms with Crippen LogP contribution in [0.4, 0.5) is 0 Å². The van der Waals surface area contributed by atoms with Crippen LogP contribution in [-0.4, -0.2) is 25.9 Å². The first-order valence-corrected chi connectivity index (χ1v) is 7.11. The predicted molar refractivity (Wildman–Crippen MR) is 85.5 cm³/mol. The van der Waals surface area contributed by atoms with Crippen molar-refractivity contribution >= 4 is 11.0 Å². The number of hydrogen-bond acceptors (Lipinski definition) is 4. The first-order valence-electron chi connectivity index (χ1n) is 7.11. The lowest BCUT2D eigenvalue weighted by Gasteiger charge is -2.08. The second kappa shape index (κ2) is 6.12. The molecule has 1 aromatic heterocycles. The van der Waals surface area contributed by atoms with E-state index in [4.69, 9.17) is 19.0 Å². The van der Waals surface area contributed by atoms with E-state index >= 15 is 0 Å². The van der Waals surface area contributed by atoms with Gasteiger partial charge in [0, 0.05) is 17.6 Å². The lowest BCUT2D eigenvalue weighted by atomic mass is 10.1. The summed E-state index contributed by atoms with van der Waals surface area (Å²) in [7, 11) is 3.23. The van der Waals surface area contributed by atoms with Gasteiger partial charge in [0.25, 0.3) is 0 Å². The summed E-state index contributed by atoms with van der Waals surface area (Å²) in [4.78, 5) is 0. The van der Waals surface area contributed by atoms with Gasteiger partial charge in [-0.25, -0.2) is 0 Å². The van der Waals surface area contributed by atoms with Gasteiger partial charge in [0.15, 0.2) is 11.5 Å². The molecule has 3 rings (SSSR count). The van der Waals surface area contributed by atoms with Crippen molar-refractivity contribution in [1.29, 1.82) is 0 Å². The fourth-order valence-corrected chi connectivity index (χ4v) is 2.51. The van der Waals surface area contributed by atoms with E-state index in [9.17, 15) is 0 Å². The summed E-state index contributed by atoms with van der Waals surface area (Å²) >= 11 is 0. The zero-order valence-corrected chi connectivity index (χ0v) is 12.6. The van der Waals surface area contributed by atoms with Gasteiger partial charge < -0.3 is 19.0 Å². The van der Waals surface area contributed by atoms with Gasteiger partial charge in [-0.3, -0.25) is 0 Å². The molecule has 0 bridgehead atoms. The van der Waals surface area contributed by atoms with Crippen molar-refractivity contribution in [3.05, 3.63) is 48.0 Å². The van der Waals surface area contributed by atoms with Crippen LogP contribution in [0, 0.1) is 0 Å². The fourth-order valence-electron chi connectivity index (χ4n) is 2.51. The lowest BCUT2D eigenvalue weighted by molar-refractivity contribution is 0.299. The molecule has 1 N–H and O–H groups in total. The minimum Gasteiger partial charge on any atom is -0.493 e.